The van der Waals surface area contributed by atoms with Crippen LogP contribution in [0.15, 0.2) is 187 Å². The normalized spacial score (nSPS) is 11.5. The van der Waals surface area contributed by atoms with Crippen LogP contribution in [0, 0.1) is 60.7 Å². The smallest absolute Gasteiger partial charge is 0.278 e. The SMILES string of the molecule is O=[N+]([O-])c1cccc(N=Nc2ccc(O)c(Cc3cc(N=Nc4cc([N+](=O)[O-])cc([N+](=O)[O-])c4)cc(Cc4cc(N=Nc5cccc([N+](=O)[O-])c5)cc(Cc5cc(N=Nc6cc([N+](=O)[O-])cc([N+](=O)[O-])c6)ccc5O)c4O)c3O)c2)c1. The van der Waals surface area contributed by atoms with E-state index < -0.39 is 63.8 Å². The molecule has 0 saturated heterocycles. The molecule has 0 aromatic heterocycles. The number of nitro benzene ring substituents is 6. The zero-order chi connectivity index (χ0) is 58.1. The van der Waals surface area contributed by atoms with E-state index >= 15 is 0 Å². The molecule has 8 aromatic rings. The third-order valence-electron chi connectivity index (χ3n) is 11.6. The topological polar surface area (TPSA) is 439 Å². The van der Waals surface area contributed by atoms with Gasteiger partial charge in [0.05, 0.1) is 87.2 Å². The number of phenols is 4. The molecule has 8 rings (SSSR count). The second-order valence-corrected chi connectivity index (χ2v) is 17.2. The predicted molar refractivity (Wildman–Crippen MR) is 283 cm³/mol. The summed E-state index contributed by atoms with van der Waals surface area (Å²) < 4.78 is 0. The van der Waals surface area contributed by atoms with Crippen molar-refractivity contribution in [3.05, 3.63) is 240 Å². The first-order valence-electron chi connectivity index (χ1n) is 23.0. The Morgan fingerprint density at radius 3 is 0.802 bits per heavy atom. The van der Waals surface area contributed by atoms with E-state index in [1.54, 1.807) is 0 Å². The molecule has 30 nitrogen and oxygen atoms in total. The summed E-state index contributed by atoms with van der Waals surface area (Å²) in [4.78, 5) is 64.5. The maximum absolute atomic E-state index is 12.1. The number of hydrogen-bond donors (Lipinski definition) is 4. The van der Waals surface area contributed by atoms with Gasteiger partial charge in [0.15, 0.2) is 0 Å². The van der Waals surface area contributed by atoms with Gasteiger partial charge in [0, 0.05) is 101 Å². The second kappa shape index (κ2) is 23.8. The van der Waals surface area contributed by atoms with Crippen LogP contribution in [0.25, 0.3) is 0 Å². The van der Waals surface area contributed by atoms with Gasteiger partial charge in [-0.15, -0.1) is 0 Å². The molecular formula is C51H34N14O16. The molecule has 81 heavy (non-hydrogen) atoms. The molecule has 0 aliphatic rings. The van der Waals surface area contributed by atoms with Crippen LogP contribution in [0.5, 0.6) is 23.0 Å². The number of nitrogens with zero attached hydrogens (tertiary/aromatic N) is 14. The molecule has 0 atom stereocenters. The highest BCUT2D eigenvalue weighted by Crippen LogP contribution is 2.41. The van der Waals surface area contributed by atoms with Gasteiger partial charge >= 0.3 is 0 Å². The van der Waals surface area contributed by atoms with E-state index in [1.807, 2.05) is 0 Å². The zero-order valence-electron chi connectivity index (χ0n) is 40.9. The Kier molecular flexibility index (Phi) is 16.1. The Morgan fingerprint density at radius 2 is 0.506 bits per heavy atom. The first-order valence-corrected chi connectivity index (χ1v) is 23.0. The van der Waals surface area contributed by atoms with Crippen LogP contribution in [0.4, 0.5) is 79.6 Å². The van der Waals surface area contributed by atoms with E-state index in [1.165, 1.54) is 103 Å². The average Bonchev–Trinajstić information content (AvgIpc) is 3.48. The molecular weight excluding hydrogens is 1060 g/mol. The highest BCUT2D eigenvalue weighted by atomic mass is 16.6. The molecule has 0 aliphatic carbocycles. The molecule has 0 heterocycles. The molecule has 0 saturated carbocycles. The van der Waals surface area contributed by atoms with Crippen LogP contribution >= 0.6 is 0 Å². The van der Waals surface area contributed by atoms with Gasteiger partial charge in [-0.1, -0.05) is 12.1 Å². The lowest BCUT2D eigenvalue weighted by Gasteiger charge is -2.16. The van der Waals surface area contributed by atoms with E-state index in [9.17, 15) is 81.1 Å². The van der Waals surface area contributed by atoms with Crippen LogP contribution in [-0.2, 0) is 19.3 Å². The van der Waals surface area contributed by atoms with Crippen molar-refractivity contribution >= 4 is 79.6 Å². The number of nitro groups is 6. The number of azo groups is 4. The van der Waals surface area contributed by atoms with Gasteiger partial charge in [-0.05, 0) is 72.8 Å². The molecule has 0 amide bonds. The lowest BCUT2D eigenvalue weighted by Crippen LogP contribution is -1.98. The number of hydrogen-bond acceptors (Lipinski definition) is 24. The van der Waals surface area contributed by atoms with Crippen molar-refractivity contribution in [2.75, 3.05) is 0 Å². The Balaban J connectivity index is 1.22. The van der Waals surface area contributed by atoms with Crippen LogP contribution < -0.4 is 0 Å². The van der Waals surface area contributed by atoms with E-state index in [4.69, 9.17) is 0 Å². The molecule has 404 valence electrons. The minimum Gasteiger partial charge on any atom is -0.508 e. The van der Waals surface area contributed by atoms with Gasteiger partial charge in [0.25, 0.3) is 34.1 Å². The van der Waals surface area contributed by atoms with Crippen molar-refractivity contribution in [2.45, 2.75) is 19.3 Å². The fourth-order valence-corrected chi connectivity index (χ4v) is 7.80. The third kappa shape index (κ3) is 13.8. The minimum absolute atomic E-state index is 0.00754. The zero-order valence-corrected chi connectivity index (χ0v) is 40.9. The Labute approximate surface area is 451 Å². The monoisotopic (exact) mass is 1100 g/mol. The number of benzene rings is 8. The van der Waals surface area contributed by atoms with Crippen LogP contribution in [-0.4, -0.2) is 50.0 Å². The molecule has 0 bridgehead atoms. The first kappa shape index (κ1) is 55.0. The summed E-state index contributed by atoms with van der Waals surface area (Å²) in [5, 5.41) is 148. The minimum atomic E-state index is -0.867. The first-order chi connectivity index (χ1) is 38.7. The molecule has 4 N–H and O–H groups in total. The molecule has 0 unspecified atom stereocenters. The summed E-state index contributed by atoms with van der Waals surface area (Å²) in [6, 6.07) is 29.1. The molecule has 8 aromatic carbocycles. The quantitative estimate of drug-likeness (QED) is 0.0313. The van der Waals surface area contributed by atoms with Crippen LogP contribution in [0.2, 0.25) is 0 Å². The number of rotatable bonds is 20. The molecule has 0 radical (unpaired) electrons. The predicted octanol–water partition coefficient (Wildman–Crippen LogP) is 14.4. The van der Waals surface area contributed by atoms with Gasteiger partial charge in [0.2, 0.25) is 0 Å². The van der Waals surface area contributed by atoms with Gasteiger partial charge in [-0.2, -0.15) is 40.9 Å². The molecule has 30 heteroatoms. The van der Waals surface area contributed by atoms with E-state index in [-0.39, 0.29) is 121 Å². The fraction of sp³-hybridized carbons (Fsp3) is 0.0588. The lowest BCUT2D eigenvalue weighted by molar-refractivity contribution is -0.394. The van der Waals surface area contributed by atoms with E-state index in [0.29, 0.717) is 0 Å². The number of non-ortho nitro benzene ring substituents is 6. The number of aromatic hydroxyl groups is 4. The summed E-state index contributed by atoms with van der Waals surface area (Å²) >= 11 is 0. The number of phenolic OH excluding ortho intramolecular Hbond substituents is 4. The van der Waals surface area contributed by atoms with Gasteiger partial charge in [-0.3, -0.25) is 60.7 Å². The Morgan fingerprint density at radius 1 is 0.272 bits per heavy atom. The van der Waals surface area contributed by atoms with Crippen LogP contribution in [0.3, 0.4) is 0 Å². The van der Waals surface area contributed by atoms with Gasteiger partial charge in [-0.25, -0.2) is 0 Å². The summed E-state index contributed by atoms with van der Waals surface area (Å²) in [6.07, 6.45) is -0.968. The van der Waals surface area contributed by atoms with E-state index in [0.717, 1.165) is 42.5 Å². The van der Waals surface area contributed by atoms with E-state index in [2.05, 4.69) is 40.9 Å². The van der Waals surface area contributed by atoms with Crippen molar-refractivity contribution in [1.82, 2.24) is 0 Å². The summed E-state index contributed by atoms with van der Waals surface area (Å²) in [5.74, 6) is -1.47. The summed E-state index contributed by atoms with van der Waals surface area (Å²) in [6.45, 7) is 0. The Hall–Kier alpha value is -12.2. The maximum atomic E-state index is 12.1. The Bertz CT molecular complexity index is 3970. The fourth-order valence-electron chi connectivity index (χ4n) is 7.80. The van der Waals surface area contributed by atoms with Crippen molar-refractivity contribution < 1.29 is 50.0 Å². The highest BCUT2D eigenvalue weighted by Gasteiger charge is 2.22. The maximum Gasteiger partial charge on any atom is 0.278 e. The van der Waals surface area contributed by atoms with Crippen molar-refractivity contribution in [3.8, 4) is 23.0 Å². The van der Waals surface area contributed by atoms with Crippen molar-refractivity contribution in [3.63, 3.8) is 0 Å². The van der Waals surface area contributed by atoms with Gasteiger partial charge in [0.1, 0.15) is 23.0 Å². The van der Waals surface area contributed by atoms with Crippen LogP contribution in [0.1, 0.15) is 33.4 Å². The molecule has 0 fully saturated rings. The highest BCUT2D eigenvalue weighted by molar-refractivity contribution is 5.63. The van der Waals surface area contributed by atoms with Gasteiger partial charge < -0.3 is 20.4 Å². The molecule has 0 spiro atoms. The summed E-state index contributed by atoms with van der Waals surface area (Å²) in [7, 11) is 0. The lowest BCUT2D eigenvalue weighted by atomic mass is 9.93. The van der Waals surface area contributed by atoms with Crippen molar-refractivity contribution in [2.24, 2.45) is 40.9 Å². The summed E-state index contributed by atoms with van der Waals surface area (Å²) in [5.41, 5.74) is -2.93. The largest absolute Gasteiger partial charge is 0.508 e. The van der Waals surface area contributed by atoms with Crippen molar-refractivity contribution in [1.29, 1.82) is 0 Å². The third-order valence-corrected chi connectivity index (χ3v) is 11.6. The average molecular weight is 1100 g/mol. The second-order valence-electron chi connectivity index (χ2n) is 17.2. The molecule has 0 aliphatic heterocycles. The standard InChI is InChI=1S/C51H34N14O16/c66-48-9-7-36(54-52-34-3-1-5-42(20-34)60(70)71)14-28(48)11-31-17-39(57-59-41-24-46(64(78)79)27-47(25-41)65(80)81)19-33(51(31)69)13-32-18-38(56-53-35-4-2-6-43(21-35)61(72)73)16-30(50(32)68)12-29-15-37(8-10-49(29)67)55-58-40-22-44(62(74)75)26-45(23-40)63(76)77/h1-10,14-27,66-69H,11-13H2.